The highest BCUT2D eigenvalue weighted by molar-refractivity contribution is 7.22. The highest BCUT2D eigenvalue weighted by Crippen LogP contribution is 2.27. The molecule has 2 aromatic carbocycles. The number of carbonyl (C=O) groups excluding carboxylic acids is 2. The molecule has 0 saturated heterocycles. The Hall–Kier alpha value is -3.07. The van der Waals surface area contributed by atoms with Crippen LogP contribution in [0.2, 0.25) is 0 Å². The number of rotatable bonds is 7. The topological polar surface area (TPSA) is 80.3 Å². The minimum Gasteiger partial charge on any atom is -0.445 e. The van der Waals surface area contributed by atoms with Gasteiger partial charge in [-0.3, -0.25) is 4.79 Å². The van der Waals surface area contributed by atoms with E-state index in [-0.39, 0.29) is 36.1 Å². The van der Waals surface area contributed by atoms with Crippen LogP contribution in [0.25, 0.3) is 10.2 Å². The minimum atomic E-state index is -0.985. The van der Waals surface area contributed by atoms with E-state index >= 15 is 0 Å². The molecule has 0 atom stereocenters. The molecule has 3 aromatic rings. The molecule has 0 saturated carbocycles. The van der Waals surface area contributed by atoms with E-state index in [9.17, 15) is 18.4 Å². The zero-order chi connectivity index (χ0) is 19.9. The van der Waals surface area contributed by atoms with Gasteiger partial charge in [0.05, 0.1) is 10.2 Å². The highest BCUT2D eigenvalue weighted by Gasteiger charge is 2.11. The molecule has 9 heteroatoms. The molecule has 0 aliphatic carbocycles. The fourth-order valence-electron chi connectivity index (χ4n) is 2.37. The number of hydrogen-bond acceptors (Lipinski definition) is 5. The molecule has 0 bridgehead atoms. The normalized spacial score (nSPS) is 10.6. The molecule has 0 radical (unpaired) electrons. The van der Waals surface area contributed by atoms with Gasteiger partial charge in [0.15, 0.2) is 16.8 Å². The lowest BCUT2D eigenvalue weighted by molar-refractivity contribution is -0.116. The number of fused-ring (bicyclic) bond motifs is 1. The van der Waals surface area contributed by atoms with Crippen molar-refractivity contribution < 1.29 is 23.1 Å². The Morgan fingerprint density at radius 1 is 1.11 bits per heavy atom. The standard InChI is InChI=1S/C19H17F2N3O3S/c20-13-9-15-16(10-14(13)21)28-18(23-15)24-17(25)7-4-8-22-19(26)27-11-12-5-2-1-3-6-12/h1-3,5-6,9-10H,4,7-8,11H2,(H,22,26)(H,23,24,25). The summed E-state index contributed by atoms with van der Waals surface area (Å²) in [5, 5.41) is 5.42. The number of thiazole rings is 1. The number of ether oxygens (including phenoxy) is 1. The van der Waals surface area contributed by atoms with Crippen molar-refractivity contribution in [3.05, 3.63) is 59.7 Å². The van der Waals surface area contributed by atoms with Gasteiger partial charge in [0.25, 0.3) is 0 Å². The van der Waals surface area contributed by atoms with Gasteiger partial charge >= 0.3 is 6.09 Å². The summed E-state index contributed by atoms with van der Waals surface area (Å²) in [6.07, 6.45) is -0.00242. The van der Waals surface area contributed by atoms with Gasteiger partial charge in [0, 0.05) is 19.0 Å². The maximum absolute atomic E-state index is 13.2. The van der Waals surface area contributed by atoms with Crippen LogP contribution in [-0.2, 0) is 16.1 Å². The van der Waals surface area contributed by atoms with Crippen LogP contribution in [-0.4, -0.2) is 23.5 Å². The number of nitrogens with one attached hydrogen (secondary N) is 2. The summed E-state index contributed by atoms with van der Waals surface area (Å²) in [5.41, 5.74) is 1.16. The van der Waals surface area contributed by atoms with E-state index in [1.165, 1.54) is 0 Å². The van der Waals surface area contributed by atoms with E-state index in [4.69, 9.17) is 4.74 Å². The van der Waals surface area contributed by atoms with Gasteiger partial charge in [0.1, 0.15) is 6.61 Å². The average Bonchev–Trinajstić information content (AvgIpc) is 3.05. The lowest BCUT2D eigenvalue weighted by Gasteiger charge is -2.07. The van der Waals surface area contributed by atoms with Crippen molar-refractivity contribution in [2.45, 2.75) is 19.4 Å². The molecular formula is C19H17F2N3O3S. The Morgan fingerprint density at radius 2 is 1.86 bits per heavy atom. The Labute approximate surface area is 163 Å². The molecule has 0 unspecified atom stereocenters. The number of nitrogens with zero attached hydrogens (tertiary/aromatic N) is 1. The molecule has 1 aromatic heterocycles. The first-order chi connectivity index (χ1) is 13.5. The smallest absolute Gasteiger partial charge is 0.407 e. The molecule has 0 aliphatic rings. The molecular weight excluding hydrogens is 388 g/mol. The van der Waals surface area contributed by atoms with E-state index < -0.39 is 17.7 Å². The van der Waals surface area contributed by atoms with Crippen LogP contribution >= 0.6 is 11.3 Å². The van der Waals surface area contributed by atoms with Gasteiger partial charge < -0.3 is 15.4 Å². The second kappa shape index (κ2) is 9.23. The van der Waals surface area contributed by atoms with Gasteiger partial charge in [-0.15, -0.1) is 0 Å². The summed E-state index contributed by atoms with van der Waals surface area (Å²) < 4.78 is 31.9. The minimum absolute atomic E-state index is 0.150. The molecule has 0 fully saturated rings. The van der Waals surface area contributed by atoms with Crippen molar-refractivity contribution in [3.8, 4) is 0 Å². The average molecular weight is 405 g/mol. The lowest BCUT2D eigenvalue weighted by Crippen LogP contribution is -2.26. The largest absolute Gasteiger partial charge is 0.445 e. The van der Waals surface area contributed by atoms with Crippen molar-refractivity contribution >= 4 is 38.7 Å². The molecule has 1 heterocycles. The van der Waals surface area contributed by atoms with Crippen molar-refractivity contribution in [1.82, 2.24) is 10.3 Å². The first-order valence-corrected chi connectivity index (χ1v) is 9.33. The van der Waals surface area contributed by atoms with Crippen molar-refractivity contribution in [3.63, 3.8) is 0 Å². The number of aromatic nitrogens is 1. The Morgan fingerprint density at radius 3 is 2.64 bits per heavy atom. The van der Waals surface area contributed by atoms with Crippen molar-refractivity contribution in [2.24, 2.45) is 0 Å². The molecule has 2 N–H and O–H groups in total. The third-order valence-electron chi connectivity index (χ3n) is 3.74. The number of benzene rings is 2. The van der Waals surface area contributed by atoms with Crippen LogP contribution < -0.4 is 10.6 Å². The van der Waals surface area contributed by atoms with E-state index in [1.807, 2.05) is 30.3 Å². The molecule has 28 heavy (non-hydrogen) atoms. The maximum atomic E-state index is 13.2. The van der Waals surface area contributed by atoms with Crippen LogP contribution in [0, 0.1) is 11.6 Å². The SMILES string of the molecule is O=C(CCCNC(=O)OCc1ccccc1)Nc1nc2cc(F)c(F)cc2s1. The van der Waals surface area contributed by atoms with Crippen LogP contribution in [0.4, 0.5) is 18.7 Å². The number of anilines is 1. The molecule has 2 amide bonds. The summed E-state index contributed by atoms with van der Waals surface area (Å²) in [6, 6.07) is 11.3. The molecule has 146 valence electrons. The van der Waals surface area contributed by atoms with E-state index in [2.05, 4.69) is 15.6 Å². The second-order valence-corrected chi connectivity index (χ2v) is 6.92. The fourth-order valence-corrected chi connectivity index (χ4v) is 3.26. The van der Waals surface area contributed by atoms with Crippen LogP contribution in [0.15, 0.2) is 42.5 Å². The Bertz CT molecular complexity index is 940. The van der Waals surface area contributed by atoms with Gasteiger partial charge in [-0.1, -0.05) is 41.7 Å². The van der Waals surface area contributed by atoms with Gasteiger partial charge in [-0.2, -0.15) is 0 Å². The van der Waals surface area contributed by atoms with Crippen LogP contribution in [0.5, 0.6) is 0 Å². The third kappa shape index (κ3) is 5.46. The first kappa shape index (κ1) is 19.7. The van der Waals surface area contributed by atoms with Crippen molar-refractivity contribution in [2.75, 3.05) is 11.9 Å². The number of hydrogen-bond donors (Lipinski definition) is 2. The highest BCUT2D eigenvalue weighted by atomic mass is 32.1. The first-order valence-electron chi connectivity index (χ1n) is 8.51. The summed E-state index contributed by atoms with van der Waals surface area (Å²) >= 11 is 1.06. The van der Waals surface area contributed by atoms with Gasteiger partial charge in [-0.05, 0) is 18.1 Å². The predicted octanol–water partition coefficient (Wildman–Crippen LogP) is 4.22. The quantitative estimate of drug-likeness (QED) is 0.577. The molecule has 0 spiro atoms. The molecule has 6 nitrogen and oxygen atoms in total. The third-order valence-corrected chi connectivity index (χ3v) is 4.67. The number of halogens is 2. The lowest BCUT2D eigenvalue weighted by atomic mass is 10.2. The molecule has 3 rings (SSSR count). The summed E-state index contributed by atoms with van der Waals surface area (Å²) in [6.45, 7) is 0.448. The van der Waals surface area contributed by atoms with E-state index in [0.29, 0.717) is 11.1 Å². The zero-order valence-electron chi connectivity index (χ0n) is 14.7. The van der Waals surface area contributed by atoms with E-state index in [1.54, 1.807) is 0 Å². The summed E-state index contributed by atoms with van der Waals surface area (Å²) in [4.78, 5) is 27.6. The van der Waals surface area contributed by atoms with Crippen LogP contribution in [0.1, 0.15) is 18.4 Å². The number of amides is 2. The second-order valence-electron chi connectivity index (χ2n) is 5.89. The molecule has 0 aliphatic heterocycles. The van der Waals surface area contributed by atoms with Crippen LogP contribution in [0.3, 0.4) is 0 Å². The Balaban J connectivity index is 1.37. The number of carbonyl (C=O) groups is 2. The van der Waals surface area contributed by atoms with Crippen molar-refractivity contribution in [1.29, 1.82) is 0 Å². The fraction of sp³-hybridized carbons (Fsp3) is 0.211. The monoisotopic (exact) mass is 405 g/mol. The zero-order valence-corrected chi connectivity index (χ0v) is 15.5. The van der Waals surface area contributed by atoms with E-state index in [0.717, 1.165) is 29.0 Å². The summed E-state index contributed by atoms with van der Waals surface area (Å²) in [7, 11) is 0. The van der Waals surface area contributed by atoms with Gasteiger partial charge in [-0.25, -0.2) is 18.6 Å². The number of alkyl carbamates (subject to hydrolysis) is 1. The predicted molar refractivity (Wildman–Crippen MR) is 102 cm³/mol. The summed E-state index contributed by atoms with van der Waals surface area (Å²) in [5.74, 6) is -2.25. The van der Waals surface area contributed by atoms with Gasteiger partial charge in [0.2, 0.25) is 5.91 Å². The Kier molecular flexibility index (Phi) is 6.49. The maximum Gasteiger partial charge on any atom is 0.407 e.